The number of likely N-dealkylation sites (tertiary alicyclic amines) is 2. The van der Waals surface area contributed by atoms with Crippen molar-refractivity contribution in [3.63, 3.8) is 0 Å². The van der Waals surface area contributed by atoms with Crippen LogP contribution in [-0.2, 0) is 4.79 Å². The second-order valence-electron chi connectivity index (χ2n) is 9.15. The maximum absolute atomic E-state index is 12.9. The topological polar surface area (TPSA) is 37.6 Å². The molecule has 1 aliphatic carbocycles. The van der Waals surface area contributed by atoms with E-state index in [9.17, 15) is 4.79 Å². The van der Waals surface area contributed by atoms with E-state index >= 15 is 0 Å². The number of amides is 1. The van der Waals surface area contributed by atoms with Crippen LogP contribution in [0.4, 0.5) is 0 Å². The van der Waals surface area contributed by atoms with Gasteiger partial charge in [-0.25, -0.2) is 4.98 Å². The third-order valence-corrected chi connectivity index (χ3v) is 8.60. The van der Waals surface area contributed by atoms with Crippen LogP contribution < -0.4 is 4.90 Å². The molecule has 1 N–H and O–H groups in total. The van der Waals surface area contributed by atoms with Gasteiger partial charge in [0, 0.05) is 31.8 Å². The number of carbonyl (C=O) groups excluding carboxylic acids is 1. The minimum absolute atomic E-state index is 0.400. The Morgan fingerprint density at radius 2 is 1.86 bits per heavy atom. The summed E-state index contributed by atoms with van der Waals surface area (Å²) >= 11 is 1.86. The Labute approximate surface area is 171 Å². The monoisotopic (exact) mass is 398 g/mol. The Hall–Kier alpha value is -1.46. The SMILES string of the molecule is O=C(C[NH+]1CCC(c2nc3ccccc3s2)CC1)N1CC[C@H]2CCCC[C@H]2C1. The minimum atomic E-state index is 0.400. The lowest BCUT2D eigenvalue weighted by Gasteiger charge is -2.41. The van der Waals surface area contributed by atoms with Gasteiger partial charge in [-0.1, -0.05) is 31.4 Å². The summed E-state index contributed by atoms with van der Waals surface area (Å²) in [5.41, 5.74) is 1.14. The number of aromatic nitrogens is 1. The van der Waals surface area contributed by atoms with E-state index in [1.807, 2.05) is 11.3 Å². The zero-order chi connectivity index (χ0) is 18.9. The molecule has 4 nitrogen and oxygen atoms in total. The average molecular weight is 399 g/mol. The van der Waals surface area contributed by atoms with Crippen molar-refractivity contribution in [2.24, 2.45) is 11.8 Å². The van der Waals surface area contributed by atoms with Gasteiger partial charge in [-0.3, -0.25) is 4.79 Å². The summed E-state index contributed by atoms with van der Waals surface area (Å²) < 4.78 is 1.30. The van der Waals surface area contributed by atoms with Crippen LogP contribution in [-0.4, -0.2) is 48.5 Å². The van der Waals surface area contributed by atoms with Gasteiger partial charge in [0.15, 0.2) is 6.54 Å². The van der Waals surface area contributed by atoms with Gasteiger partial charge in [0.2, 0.25) is 0 Å². The number of piperidine rings is 2. The molecule has 3 fully saturated rings. The fraction of sp³-hybridized carbons (Fsp3) is 0.652. The Morgan fingerprint density at radius 3 is 2.68 bits per heavy atom. The summed E-state index contributed by atoms with van der Waals surface area (Å²) in [7, 11) is 0. The third kappa shape index (κ3) is 3.84. The molecule has 2 aliphatic heterocycles. The van der Waals surface area contributed by atoms with E-state index in [2.05, 4.69) is 29.2 Å². The number of nitrogens with zero attached hydrogens (tertiary/aromatic N) is 2. The normalized spacial score (nSPS) is 30.9. The predicted molar refractivity (Wildman–Crippen MR) is 114 cm³/mol. The summed E-state index contributed by atoms with van der Waals surface area (Å²) in [5, 5.41) is 1.30. The Morgan fingerprint density at radius 1 is 1.07 bits per heavy atom. The van der Waals surface area contributed by atoms with Crippen LogP contribution in [0.3, 0.4) is 0 Å². The van der Waals surface area contributed by atoms with E-state index in [0.29, 0.717) is 18.4 Å². The number of carbonyl (C=O) groups is 1. The zero-order valence-electron chi connectivity index (χ0n) is 16.7. The second-order valence-corrected chi connectivity index (χ2v) is 10.2. The average Bonchev–Trinajstić information content (AvgIpc) is 3.18. The van der Waals surface area contributed by atoms with Crippen molar-refractivity contribution < 1.29 is 9.69 Å². The molecule has 2 aromatic rings. The number of benzene rings is 1. The quantitative estimate of drug-likeness (QED) is 0.863. The van der Waals surface area contributed by atoms with Crippen molar-refractivity contribution in [2.75, 3.05) is 32.7 Å². The molecule has 5 rings (SSSR count). The molecular weight excluding hydrogens is 366 g/mol. The first-order valence-corrected chi connectivity index (χ1v) is 12.0. The van der Waals surface area contributed by atoms with Crippen molar-refractivity contribution in [1.29, 1.82) is 0 Å². The summed E-state index contributed by atoms with van der Waals surface area (Å²) in [6.45, 7) is 4.94. The summed E-state index contributed by atoms with van der Waals surface area (Å²) in [6.07, 6.45) is 9.08. The molecule has 1 aromatic heterocycles. The molecule has 0 radical (unpaired) electrons. The van der Waals surface area contributed by atoms with Gasteiger partial charge < -0.3 is 9.80 Å². The first-order valence-electron chi connectivity index (χ1n) is 11.2. The van der Waals surface area contributed by atoms with Crippen LogP contribution >= 0.6 is 11.3 Å². The third-order valence-electron chi connectivity index (χ3n) is 7.40. The van der Waals surface area contributed by atoms with Crippen molar-refractivity contribution in [3.05, 3.63) is 29.3 Å². The summed E-state index contributed by atoms with van der Waals surface area (Å²) in [4.78, 5) is 21.4. The van der Waals surface area contributed by atoms with Crippen molar-refractivity contribution in [1.82, 2.24) is 9.88 Å². The lowest BCUT2D eigenvalue weighted by Crippen LogP contribution is -3.14. The molecule has 0 unspecified atom stereocenters. The minimum Gasteiger partial charge on any atom is -0.338 e. The number of fused-ring (bicyclic) bond motifs is 2. The van der Waals surface area contributed by atoms with Crippen molar-refractivity contribution >= 4 is 27.5 Å². The van der Waals surface area contributed by atoms with Gasteiger partial charge in [-0.05, 0) is 36.8 Å². The molecule has 1 saturated carbocycles. The molecule has 0 spiro atoms. The van der Waals surface area contributed by atoms with Crippen LogP contribution in [0.5, 0.6) is 0 Å². The Balaban J connectivity index is 1.13. The number of rotatable bonds is 3. The molecule has 0 bridgehead atoms. The first kappa shape index (κ1) is 18.6. The van der Waals surface area contributed by atoms with E-state index in [4.69, 9.17) is 4.98 Å². The lowest BCUT2D eigenvalue weighted by molar-refractivity contribution is -0.897. The highest BCUT2D eigenvalue weighted by molar-refractivity contribution is 7.18. The molecule has 2 atom stereocenters. The van der Waals surface area contributed by atoms with Crippen LogP contribution in [0.25, 0.3) is 10.2 Å². The fourth-order valence-corrected chi connectivity index (χ4v) is 6.80. The molecule has 3 heterocycles. The van der Waals surface area contributed by atoms with Crippen LogP contribution in [0, 0.1) is 11.8 Å². The molecule has 28 heavy (non-hydrogen) atoms. The molecule has 3 aliphatic rings. The maximum atomic E-state index is 12.9. The number of para-hydroxylation sites is 1. The largest absolute Gasteiger partial charge is 0.338 e. The molecule has 1 aromatic carbocycles. The van der Waals surface area contributed by atoms with E-state index in [1.54, 1.807) is 0 Å². The van der Waals surface area contributed by atoms with Gasteiger partial charge in [-0.15, -0.1) is 11.3 Å². The Bertz CT molecular complexity index is 793. The number of quaternary nitrogens is 1. The van der Waals surface area contributed by atoms with Gasteiger partial charge >= 0.3 is 0 Å². The fourth-order valence-electron chi connectivity index (χ4n) is 5.67. The number of thiazole rings is 1. The van der Waals surface area contributed by atoms with Gasteiger partial charge in [0.1, 0.15) is 0 Å². The highest BCUT2D eigenvalue weighted by Gasteiger charge is 2.34. The first-order chi connectivity index (χ1) is 13.8. The van der Waals surface area contributed by atoms with Gasteiger partial charge in [-0.2, -0.15) is 0 Å². The molecule has 150 valence electrons. The van der Waals surface area contributed by atoms with Crippen LogP contribution in [0.15, 0.2) is 24.3 Å². The van der Waals surface area contributed by atoms with E-state index in [0.717, 1.165) is 56.4 Å². The van der Waals surface area contributed by atoms with Crippen molar-refractivity contribution in [2.45, 2.75) is 50.9 Å². The van der Waals surface area contributed by atoms with Crippen molar-refractivity contribution in [3.8, 4) is 0 Å². The lowest BCUT2D eigenvalue weighted by atomic mass is 9.75. The maximum Gasteiger partial charge on any atom is 0.277 e. The molecule has 1 amide bonds. The number of hydrogen-bond acceptors (Lipinski definition) is 3. The molecule has 2 saturated heterocycles. The highest BCUT2D eigenvalue weighted by atomic mass is 32.1. The summed E-state index contributed by atoms with van der Waals surface area (Å²) in [6, 6.07) is 8.45. The zero-order valence-corrected chi connectivity index (χ0v) is 17.6. The van der Waals surface area contributed by atoms with E-state index in [1.165, 1.54) is 46.7 Å². The smallest absolute Gasteiger partial charge is 0.277 e. The molecule has 5 heteroatoms. The van der Waals surface area contributed by atoms with E-state index in [-0.39, 0.29) is 0 Å². The number of hydrogen-bond donors (Lipinski definition) is 1. The highest BCUT2D eigenvalue weighted by Crippen LogP contribution is 2.36. The van der Waals surface area contributed by atoms with Crippen LogP contribution in [0.2, 0.25) is 0 Å². The Kier molecular flexibility index (Phi) is 5.38. The predicted octanol–water partition coefficient (Wildman–Crippen LogP) is 3.10. The van der Waals surface area contributed by atoms with Crippen LogP contribution in [0.1, 0.15) is 55.9 Å². The summed E-state index contributed by atoms with van der Waals surface area (Å²) in [5.74, 6) is 2.66. The molecular formula is C23H32N3OS+. The van der Waals surface area contributed by atoms with Gasteiger partial charge in [0.25, 0.3) is 5.91 Å². The standard InChI is InChI=1S/C23H31N3OS/c27-22(26-14-11-17-5-1-2-6-19(17)15-26)16-25-12-9-18(10-13-25)23-24-20-7-3-4-8-21(20)28-23/h3-4,7-8,17-19H,1-2,5-6,9-16H2/p+1/t17-,19+/m1/s1. The van der Waals surface area contributed by atoms with E-state index < -0.39 is 0 Å². The number of nitrogens with one attached hydrogen (secondary N) is 1. The second kappa shape index (κ2) is 8.11. The van der Waals surface area contributed by atoms with Gasteiger partial charge in [0.05, 0.1) is 28.3 Å².